The quantitative estimate of drug-likeness (QED) is 0.705. The van der Waals surface area contributed by atoms with Gasteiger partial charge in [0.15, 0.2) is 5.75 Å². The molecule has 3 atom stereocenters. The molecule has 3 aliphatic heterocycles. The molecular weight excluding hydrogens is 336 g/mol. The first-order valence-electron chi connectivity index (χ1n) is 10.3. The van der Waals surface area contributed by atoms with Gasteiger partial charge in [0.25, 0.3) is 0 Å². The first-order valence-corrected chi connectivity index (χ1v) is 10.3. The summed E-state index contributed by atoms with van der Waals surface area (Å²) in [7, 11) is 2.26. The summed E-state index contributed by atoms with van der Waals surface area (Å²) >= 11 is 0. The summed E-state index contributed by atoms with van der Waals surface area (Å²) in [6.07, 6.45) is 12.2. The smallest absolute Gasteiger partial charge is 0.202 e. The summed E-state index contributed by atoms with van der Waals surface area (Å²) in [5, 5.41) is 0. The van der Waals surface area contributed by atoms with E-state index in [9.17, 15) is 0 Å². The van der Waals surface area contributed by atoms with E-state index in [0.29, 0.717) is 12.0 Å². The normalized spacial score (nSPS) is 36.9. The van der Waals surface area contributed by atoms with Gasteiger partial charge in [0.1, 0.15) is 11.2 Å². The number of aliphatic imine (C=N–C) groups is 1. The molecule has 2 saturated carbocycles. The fourth-order valence-corrected chi connectivity index (χ4v) is 6.40. The van der Waals surface area contributed by atoms with Gasteiger partial charge in [0.2, 0.25) is 5.72 Å². The molecule has 3 unspecified atom stereocenters. The highest BCUT2D eigenvalue weighted by molar-refractivity contribution is 5.97. The van der Waals surface area contributed by atoms with Crippen LogP contribution in [-0.4, -0.2) is 39.9 Å². The van der Waals surface area contributed by atoms with Crippen molar-refractivity contribution in [2.24, 2.45) is 22.7 Å². The molecule has 4 fully saturated rings. The van der Waals surface area contributed by atoms with Crippen molar-refractivity contribution in [1.29, 1.82) is 0 Å². The summed E-state index contributed by atoms with van der Waals surface area (Å²) < 4.78 is 6.96. The largest absolute Gasteiger partial charge is 0.464 e. The van der Waals surface area contributed by atoms with Gasteiger partial charge < -0.3 is 4.74 Å². The van der Waals surface area contributed by atoms with Gasteiger partial charge in [0, 0.05) is 24.4 Å². The van der Waals surface area contributed by atoms with Gasteiger partial charge in [0.05, 0.1) is 11.7 Å². The molecule has 1 aromatic carbocycles. The van der Waals surface area contributed by atoms with Crippen molar-refractivity contribution < 1.29 is 4.74 Å². The number of aryl methyl sites for hydroxylation is 1. The van der Waals surface area contributed by atoms with Gasteiger partial charge in [-0.2, -0.15) is 0 Å². The highest BCUT2D eigenvalue weighted by atomic mass is 16.5. The van der Waals surface area contributed by atoms with Crippen molar-refractivity contribution in [2.75, 3.05) is 7.05 Å². The lowest BCUT2D eigenvalue weighted by molar-refractivity contribution is -0.0627. The molecule has 0 amide bonds. The van der Waals surface area contributed by atoms with Crippen LogP contribution in [0.2, 0.25) is 0 Å². The fraction of sp³-hybridized carbons (Fsp3) is 0.591. The van der Waals surface area contributed by atoms with Crippen LogP contribution in [0.1, 0.15) is 43.2 Å². The Morgan fingerprint density at radius 1 is 0.963 bits per heavy atom. The summed E-state index contributed by atoms with van der Waals surface area (Å²) in [6, 6.07) is 0.607. The maximum Gasteiger partial charge on any atom is 0.202 e. The van der Waals surface area contributed by atoms with Crippen LogP contribution in [-0.2, 0) is 0 Å². The minimum atomic E-state index is -0.408. The maximum atomic E-state index is 6.96. The number of benzene rings is 1. The van der Waals surface area contributed by atoms with E-state index in [2.05, 4.69) is 42.0 Å². The monoisotopic (exact) mass is 362 g/mol. The van der Waals surface area contributed by atoms with Crippen LogP contribution in [0.5, 0.6) is 5.75 Å². The van der Waals surface area contributed by atoms with Crippen molar-refractivity contribution in [3.63, 3.8) is 0 Å². The molecule has 0 N–H and O–H groups in total. The van der Waals surface area contributed by atoms with Crippen molar-refractivity contribution in [2.45, 2.75) is 57.7 Å². The van der Waals surface area contributed by atoms with Crippen LogP contribution >= 0.6 is 0 Å². The molecule has 7 rings (SSSR count). The molecule has 2 aromatic rings. The van der Waals surface area contributed by atoms with Gasteiger partial charge in [-0.25, -0.2) is 4.99 Å². The Kier molecular flexibility index (Phi) is 3.13. The number of hydrogen-bond acceptors (Lipinski definition) is 5. The molecule has 140 valence electrons. The molecule has 5 heteroatoms. The van der Waals surface area contributed by atoms with Gasteiger partial charge in [-0.3, -0.25) is 14.9 Å². The van der Waals surface area contributed by atoms with Crippen LogP contribution < -0.4 is 4.74 Å². The molecule has 5 aliphatic rings. The molecule has 27 heavy (non-hydrogen) atoms. The van der Waals surface area contributed by atoms with Crippen LogP contribution in [0.15, 0.2) is 17.4 Å². The number of rotatable bonds is 0. The van der Waals surface area contributed by atoms with E-state index in [-0.39, 0.29) is 0 Å². The van der Waals surface area contributed by atoms with E-state index in [1.165, 1.54) is 32.1 Å². The molecule has 2 saturated heterocycles. The van der Waals surface area contributed by atoms with E-state index in [1.54, 1.807) is 12.4 Å². The van der Waals surface area contributed by atoms with Gasteiger partial charge in [-0.05, 0) is 76.0 Å². The summed E-state index contributed by atoms with van der Waals surface area (Å²) in [4.78, 5) is 16.6. The molecule has 2 aliphatic carbocycles. The lowest BCUT2D eigenvalue weighted by atomic mass is 9.67. The third kappa shape index (κ3) is 2.01. The maximum absolute atomic E-state index is 6.96. The Balaban J connectivity index is 1.55. The highest BCUT2D eigenvalue weighted by Gasteiger charge is 2.56. The molecule has 4 heterocycles. The second-order valence-electron chi connectivity index (χ2n) is 9.17. The van der Waals surface area contributed by atoms with Crippen molar-refractivity contribution in [3.05, 3.63) is 23.5 Å². The second kappa shape index (κ2) is 5.28. The standard InChI is InChI=1S/C22H26N4O/c1-12-13(2)21-20(19-18(12)23-4-5-24-19)25-11-22(27-21)16-7-14-6-15(8-16)10-17(9-14)26(22)3/h4-5,11,14-17H,6-10H2,1-3H3. The fourth-order valence-electron chi connectivity index (χ4n) is 6.40. The first kappa shape index (κ1) is 16.0. The number of aromatic nitrogens is 2. The third-order valence-electron chi connectivity index (χ3n) is 7.84. The Hall–Kier alpha value is -2.01. The van der Waals surface area contributed by atoms with Crippen LogP contribution in [0.4, 0.5) is 5.69 Å². The molecular formula is C22H26N4O. The zero-order chi connectivity index (χ0) is 18.3. The molecule has 0 radical (unpaired) electrons. The molecule has 1 aromatic heterocycles. The average Bonchev–Trinajstić information content (AvgIpc) is 2.80. The van der Waals surface area contributed by atoms with Gasteiger partial charge >= 0.3 is 0 Å². The highest BCUT2D eigenvalue weighted by Crippen LogP contribution is 2.55. The summed E-state index contributed by atoms with van der Waals surface area (Å²) in [5.41, 5.74) is 4.51. The van der Waals surface area contributed by atoms with E-state index < -0.39 is 5.72 Å². The van der Waals surface area contributed by atoms with Crippen LogP contribution in [0.3, 0.4) is 0 Å². The van der Waals surface area contributed by atoms with Crippen LogP contribution in [0, 0.1) is 31.6 Å². The van der Waals surface area contributed by atoms with E-state index in [1.807, 2.05) is 0 Å². The lowest BCUT2D eigenvalue weighted by Crippen LogP contribution is -2.59. The Morgan fingerprint density at radius 3 is 2.41 bits per heavy atom. The van der Waals surface area contributed by atoms with Crippen molar-refractivity contribution in [1.82, 2.24) is 14.9 Å². The topological polar surface area (TPSA) is 50.6 Å². The second-order valence-corrected chi connectivity index (χ2v) is 9.17. The Bertz CT molecular complexity index is 972. The predicted octanol–water partition coefficient (Wildman–Crippen LogP) is 4.18. The molecule has 5 nitrogen and oxygen atoms in total. The van der Waals surface area contributed by atoms with Crippen LogP contribution in [0.25, 0.3) is 11.0 Å². The van der Waals surface area contributed by atoms with Gasteiger partial charge in [-0.15, -0.1) is 0 Å². The molecule has 4 bridgehead atoms. The number of fused-ring (bicyclic) bond motifs is 3. The lowest BCUT2D eigenvalue weighted by Gasteiger charge is -2.46. The minimum Gasteiger partial charge on any atom is -0.464 e. The number of hydrogen-bond donors (Lipinski definition) is 0. The van der Waals surface area contributed by atoms with Gasteiger partial charge in [-0.1, -0.05) is 0 Å². The third-order valence-corrected chi connectivity index (χ3v) is 7.84. The zero-order valence-electron chi connectivity index (χ0n) is 16.3. The summed E-state index contributed by atoms with van der Waals surface area (Å²) in [6.45, 7) is 4.25. The number of nitrogens with zero attached hydrogens (tertiary/aromatic N) is 4. The van der Waals surface area contributed by atoms with Crippen molar-refractivity contribution in [3.8, 4) is 5.75 Å². The van der Waals surface area contributed by atoms with Crippen molar-refractivity contribution >= 4 is 22.9 Å². The van der Waals surface area contributed by atoms with E-state index >= 15 is 0 Å². The first-order chi connectivity index (χ1) is 13.1. The molecule has 1 spiro atoms. The summed E-state index contributed by atoms with van der Waals surface area (Å²) in [5.74, 6) is 3.15. The zero-order valence-corrected chi connectivity index (χ0v) is 16.3. The van der Waals surface area contributed by atoms with E-state index in [4.69, 9.17) is 9.73 Å². The predicted molar refractivity (Wildman–Crippen MR) is 106 cm³/mol. The SMILES string of the molecule is Cc1c2c(c3nccnc3c1C)N=CC1(O2)C2CC3CC(CC(C3)N1C)C2. The Morgan fingerprint density at radius 2 is 1.67 bits per heavy atom. The van der Waals surface area contributed by atoms with E-state index in [0.717, 1.165) is 45.4 Å². The number of ether oxygens (including phenoxy) is 1. The Labute approximate surface area is 159 Å². The average molecular weight is 362 g/mol. The minimum absolute atomic E-state index is 0.408.